The summed E-state index contributed by atoms with van der Waals surface area (Å²) in [5, 5.41) is 32.2. The SMILES string of the molecule is CCO.O=C([O-])c1ccccc1-c1c2cc(Br)c(=O)c(Br)c-2oc2c(Br)c([O-])c(Br)cc12.[Na+].[Na+]. The molecule has 1 N–H and O–H groups in total. The number of aliphatic hydroxyl groups excluding tert-OH is 1. The van der Waals surface area contributed by atoms with Crippen LogP contribution in [0.25, 0.3) is 33.4 Å². The fraction of sp³-hybridized carbons (Fsp3) is 0.0909. The fourth-order valence-corrected chi connectivity index (χ4v) is 5.56. The monoisotopic (exact) mass is 734 g/mol. The average molecular weight is 738 g/mol. The normalized spacial score (nSPS) is 10.2. The van der Waals surface area contributed by atoms with Gasteiger partial charge < -0.3 is 24.5 Å². The fourth-order valence-electron chi connectivity index (χ4n) is 3.16. The van der Waals surface area contributed by atoms with Crippen LogP contribution in [0.1, 0.15) is 17.3 Å². The van der Waals surface area contributed by atoms with Gasteiger partial charge in [0.05, 0.1) is 14.9 Å². The second kappa shape index (κ2) is 13.7. The van der Waals surface area contributed by atoms with E-state index in [-0.39, 0.29) is 112 Å². The predicted molar refractivity (Wildman–Crippen MR) is 132 cm³/mol. The molecule has 166 valence electrons. The molecule has 34 heavy (non-hydrogen) atoms. The number of carbonyl (C=O) groups is 1. The van der Waals surface area contributed by atoms with Gasteiger partial charge in [-0.2, -0.15) is 0 Å². The Balaban J connectivity index is 0.00000110. The number of benzene rings is 3. The molecule has 2 aliphatic rings. The number of fused-ring (bicyclic) bond motifs is 2. The van der Waals surface area contributed by atoms with Crippen LogP contribution in [-0.2, 0) is 0 Å². The van der Waals surface area contributed by atoms with E-state index in [1.807, 2.05) is 0 Å². The molecule has 12 heteroatoms. The van der Waals surface area contributed by atoms with Crippen molar-refractivity contribution < 1.29 is 83.6 Å². The first kappa shape index (κ1) is 32.3. The largest absolute Gasteiger partial charge is 1.00 e. The topological polar surface area (TPSA) is 114 Å². The second-order valence-corrected chi connectivity index (χ2v) is 9.68. The van der Waals surface area contributed by atoms with E-state index in [2.05, 4.69) is 63.7 Å². The van der Waals surface area contributed by atoms with E-state index in [1.54, 1.807) is 37.3 Å². The molecule has 0 fully saturated rings. The molecule has 6 nitrogen and oxygen atoms in total. The first-order chi connectivity index (χ1) is 15.1. The smallest absolute Gasteiger partial charge is 0.871 e. The molecule has 0 aromatic heterocycles. The van der Waals surface area contributed by atoms with Gasteiger partial charge in [0.2, 0.25) is 5.43 Å². The van der Waals surface area contributed by atoms with Crippen molar-refractivity contribution in [3.05, 3.63) is 70.1 Å². The van der Waals surface area contributed by atoms with Gasteiger partial charge in [0.15, 0.2) is 5.76 Å². The zero-order valence-electron chi connectivity index (χ0n) is 18.2. The summed E-state index contributed by atoms with van der Waals surface area (Å²) < 4.78 is 6.80. The van der Waals surface area contributed by atoms with Gasteiger partial charge in [-0.05, 0) is 72.4 Å². The Morgan fingerprint density at radius 2 is 1.59 bits per heavy atom. The van der Waals surface area contributed by atoms with Gasteiger partial charge >= 0.3 is 59.1 Å². The Morgan fingerprint density at radius 1 is 1.00 bits per heavy atom. The number of carbonyl (C=O) groups excluding carboxylic acids is 1. The van der Waals surface area contributed by atoms with Crippen LogP contribution in [0, 0.1) is 0 Å². The third-order valence-electron chi connectivity index (χ3n) is 4.42. The van der Waals surface area contributed by atoms with Crippen LogP contribution >= 0.6 is 63.7 Å². The molecule has 1 aliphatic carbocycles. The quantitative estimate of drug-likeness (QED) is 0.210. The van der Waals surface area contributed by atoms with E-state index in [0.29, 0.717) is 22.1 Å². The summed E-state index contributed by atoms with van der Waals surface area (Å²) in [5.41, 5.74) is 1.17. The van der Waals surface area contributed by atoms with E-state index in [9.17, 15) is 19.8 Å². The average Bonchev–Trinajstić information content (AvgIpc) is 2.76. The Kier molecular flexibility index (Phi) is 13.0. The minimum absolute atomic E-state index is 0. The standard InChI is InChI=1S/C20H8Br4O5.C2H6O.2Na/c21-11-5-9-13(7-3-1-2-4-8(7)20(27)28)10-6-12(22)17(26)15(24)19(10)29-18(9)14(23)16(11)25;1-2-3;;/h1-6,25H,(H,27,28);3H,2H2,1H3;;/q;;2*+1/p-2. The zero-order chi connectivity index (χ0) is 23.7. The Bertz CT molecular complexity index is 1390. The van der Waals surface area contributed by atoms with Crippen molar-refractivity contribution in [1.82, 2.24) is 0 Å². The van der Waals surface area contributed by atoms with Crippen molar-refractivity contribution in [2.24, 2.45) is 0 Å². The number of aliphatic hydroxyl groups is 1. The number of hydrogen-bond donors (Lipinski definition) is 1. The molecule has 1 aliphatic heterocycles. The van der Waals surface area contributed by atoms with Gasteiger partial charge in [0.25, 0.3) is 0 Å². The molecule has 0 atom stereocenters. The molecule has 0 saturated carbocycles. The molecular weight excluding hydrogens is 726 g/mol. The summed E-state index contributed by atoms with van der Waals surface area (Å²) in [7, 11) is 0. The van der Waals surface area contributed by atoms with E-state index in [4.69, 9.17) is 9.52 Å². The van der Waals surface area contributed by atoms with E-state index in [0.717, 1.165) is 0 Å². The van der Waals surface area contributed by atoms with E-state index in [1.165, 1.54) is 6.07 Å². The van der Waals surface area contributed by atoms with Crippen LogP contribution in [0.5, 0.6) is 5.75 Å². The van der Waals surface area contributed by atoms with Crippen molar-refractivity contribution >= 4 is 80.7 Å². The van der Waals surface area contributed by atoms with Gasteiger partial charge in [-0.15, -0.1) is 0 Å². The molecule has 0 bridgehead atoms. The van der Waals surface area contributed by atoms with Crippen LogP contribution in [-0.4, -0.2) is 17.7 Å². The third-order valence-corrected chi connectivity index (χ3v) is 7.04. The summed E-state index contributed by atoms with van der Waals surface area (Å²) in [4.78, 5) is 24.2. The molecule has 2 aromatic carbocycles. The van der Waals surface area contributed by atoms with Crippen LogP contribution in [0.2, 0.25) is 0 Å². The maximum Gasteiger partial charge on any atom is 1.00 e. The molecule has 4 rings (SSSR count). The van der Waals surface area contributed by atoms with Gasteiger partial charge in [-0.3, -0.25) is 4.79 Å². The van der Waals surface area contributed by atoms with Crippen molar-refractivity contribution in [1.29, 1.82) is 0 Å². The summed E-state index contributed by atoms with van der Waals surface area (Å²) in [6.07, 6.45) is 0. The maximum absolute atomic E-state index is 12.4. The predicted octanol–water partition coefficient (Wildman–Crippen LogP) is -0.942. The number of carboxylic acid groups (broad SMARTS) is 1. The summed E-state index contributed by atoms with van der Waals surface area (Å²) >= 11 is 13.0. The van der Waals surface area contributed by atoms with Crippen molar-refractivity contribution in [3.8, 4) is 28.2 Å². The second-order valence-electron chi connectivity index (χ2n) is 6.38. The Morgan fingerprint density at radius 3 is 2.18 bits per heavy atom. The number of aromatic carboxylic acids is 1. The summed E-state index contributed by atoms with van der Waals surface area (Å²) in [6.45, 7) is 1.93. The van der Waals surface area contributed by atoms with Gasteiger partial charge in [0, 0.05) is 33.2 Å². The van der Waals surface area contributed by atoms with E-state index < -0.39 is 5.97 Å². The van der Waals surface area contributed by atoms with Crippen LogP contribution in [0.15, 0.2) is 63.5 Å². The molecule has 2 aromatic rings. The minimum Gasteiger partial charge on any atom is -0.871 e. The van der Waals surface area contributed by atoms with Gasteiger partial charge in [0.1, 0.15) is 10.1 Å². The number of carboxylic acids is 1. The number of rotatable bonds is 2. The van der Waals surface area contributed by atoms with Crippen molar-refractivity contribution in [2.75, 3.05) is 6.61 Å². The van der Waals surface area contributed by atoms with Crippen molar-refractivity contribution in [2.45, 2.75) is 6.92 Å². The van der Waals surface area contributed by atoms with Gasteiger partial charge in [-0.1, -0.05) is 45.9 Å². The van der Waals surface area contributed by atoms with Crippen molar-refractivity contribution in [3.63, 3.8) is 0 Å². The van der Waals surface area contributed by atoms with Crippen LogP contribution < -0.4 is 74.8 Å². The minimum atomic E-state index is -1.35. The maximum atomic E-state index is 12.4. The number of hydrogen-bond acceptors (Lipinski definition) is 6. The molecule has 0 unspecified atom stereocenters. The van der Waals surface area contributed by atoms with Crippen LogP contribution in [0.4, 0.5) is 0 Å². The summed E-state index contributed by atoms with van der Waals surface area (Å²) in [5.74, 6) is -1.49. The molecule has 0 saturated heterocycles. The Hall–Kier alpha value is 0.280. The summed E-state index contributed by atoms with van der Waals surface area (Å²) in [6, 6.07) is 9.50. The molecule has 0 radical (unpaired) electrons. The first-order valence-electron chi connectivity index (χ1n) is 8.99. The number of halogens is 4. The Labute approximate surface area is 272 Å². The molecular formula is C22H12Br4Na2O6. The first-order valence-corrected chi connectivity index (χ1v) is 12.2. The zero-order valence-corrected chi connectivity index (χ0v) is 28.5. The van der Waals surface area contributed by atoms with E-state index >= 15 is 0 Å². The third kappa shape index (κ3) is 6.22. The molecule has 0 amide bonds. The van der Waals surface area contributed by atoms with Gasteiger partial charge in [-0.25, -0.2) is 0 Å². The molecule has 1 heterocycles. The van der Waals surface area contributed by atoms with Crippen LogP contribution in [0.3, 0.4) is 0 Å². The molecule has 0 spiro atoms.